The number of pyridine rings is 1. The number of carboxylic acid groups (broad SMARTS) is 1. The highest BCUT2D eigenvalue weighted by Gasteiger charge is 2.18. The van der Waals surface area contributed by atoms with Crippen molar-refractivity contribution in [1.29, 1.82) is 0 Å². The molecule has 0 spiro atoms. The number of rotatable bonds is 3. The molecular weight excluding hydrogens is 315 g/mol. The molecule has 0 unspecified atom stereocenters. The number of amides is 1. The van der Waals surface area contributed by atoms with Crippen LogP contribution in [0.2, 0.25) is 10.0 Å². The van der Waals surface area contributed by atoms with Crippen molar-refractivity contribution >= 4 is 40.8 Å². The van der Waals surface area contributed by atoms with Crippen LogP contribution in [0.25, 0.3) is 0 Å². The lowest BCUT2D eigenvalue weighted by Crippen LogP contribution is -2.15. The number of nitrogens with zero attached hydrogens (tertiary/aromatic N) is 1. The Balaban J connectivity index is 2.39. The second-order valence-corrected chi connectivity index (χ2v) is 5.10. The van der Waals surface area contributed by atoms with E-state index in [0.29, 0.717) is 11.3 Å². The highest BCUT2D eigenvalue weighted by Crippen LogP contribution is 2.30. The van der Waals surface area contributed by atoms with Gasteiger partial charge in [0.05, 0.1) is 16.3 Å². The van der Waals surface area contributed by atoms with Crippen molar-refractivity contribution in [2.45, 2.75) is 6.92 Å². The van der Waals surface area contributed by atoms with Crippen molar-refractivity contribution < 1.29 is 14.7 Å². The molecule has 0 saturated carbocycles. The standard InChI is InChI=1S/C14H10Cl2N2O3/c1-7-4-8(2-3-17-7)13(19)18-12-10(14(20)21)5-9(15)6-11(12)16/h2-6H,1H3,(H,18,19)(H,20,21). The number of hydrogen-bond donors (Lipinski definition) is 2. The molecule has 21 heavy (non-hydrogen) atoms. The number of carbonyl (C=O) groups is 2. The van der Waals surface area contributed by atoms with Crippen LogP contribution in [0.3, 0.4) is 0 Å². The molecule has 1 heterocycles. The average Bonchev–Trinajstić information content (AvgIpc) is 2.41. The van der Waals surface area contributed by atoms with Crippen LogP contribution < -0.4 is 5.32 Å². The van der Waals surface area contributed by atoms with Gasteiger partial charge in [0.25, 0.3) is 5.91 Å². The summed E-state index contributed by atoms with van der Waals surface area (Å²) in [6, 6.07) is 5.69. The number of benzene rings is 1. The monoisotopic (exact) mass is 324 g/mol. The van der Waals surface area contributed by atoms with E-state index in [1.54, 1.807) is 13.0 Å². The summed E-state index contributed by atoms with van der Waals surface area (Å²) >= 11 is 11.7. The van der Waals surface area contributed by atoms with Crippen LogP contribution in [0, 0.1) is 6.92 Å². The molecule has 2 N–H and O–H groups in total. The molecule has 0 aliphatic carbocycles. The quantitative estimate of drug-likeness (QED) is 0.903. The van der Waals surface area contributed by atoms with E-state index in [4.69, 9.17) is 28.3 Å². The van der Waals surface area contributed by atoms with E-state index in [1.807, 2.05) is 0 Å². The van der Waals surface area contributed by atoms with Gasteiger partial charge in [-0.1, -0.05) is 23.2 Å². The SMILES string of the molecule is Cc1cc(C(=O)Nc2c(Cl)cc(Cl)cc2C(=O)O)ccn1. The third-order valence-corrected chi connectivity index (χ3v) is 3.20. The molecule has 2 aromatic rings. The maximum Gasteiger partial charge on any atom is 0.337 e. The summed E-state index contributed by atoms with van der Waals surface area (Å²) in [5.74, 6) is -1.71. The molecule has 0 radical (unpaired) electrons. The maximum absolute atomic E-state index is 12.2. The van der Waals surface area contributed by atoms with Gasteiger partial charge in [0, 0.05) is 22.5 Å². The van der Waals surface area contributed by atoms with Gasteiger partial charge in [-0.2, -0.15) is 0 Å². The van der Waals surface area contributed by atoms with Crippen molar-refractivity contribution in [3.63, 3.8) is 0 Å². The Kier molecular flexibility index (Phi) is 4.45. The maximum atomic E-state index is 12.2. The molecule has 0 saturated heterocycles. The Morgan fingerprint density at radius 2 is 1.95 bits per heavy atom. The Bertz CT molecular complexity index is 732. The van der Waals surface area contributed by atoms with Crippen molar-refractivity contribution in [1.82, 2.24) is 4.98 Å². The summed E-state index contributed by atoms with van der Waals surface area (Å²) < 4.78 is 0. The summed E-state index contributed by atoms with van der Waals surface area (Å²) in [5.41, 5.74) is 0.854. The Labute approximate surface area is 130 Å². The van der Waals surface area contributed by atoms with Crippen LogP contribution in [0.1, 0.15) is 26.4 Å². The molecule has 108 valence electrons. The third kappa shape index (κ3) is 3.51. The smallest absolute Gasteiger partial charge is 0.337 e. The minimum atomic E-state index is -1.24. The van der Waals surface area contributed by atoms with Crippen molar-refractivity contribution in [3.8, 4) is 0 Å². The molecule has 0 bridgehead atoms. The van der Waals surface area contributed by atoms with Crippen LogP contribution >= 0.6 is 23.2 Å². The molecule has 1 aromatic carbocycles. The number of carbonyl (C=O) groups excluding carboxylic acids is 1. The molecule has 1 aromatic heterocycles. The topological polar surface area (TPSA) is 79.3 Å². The van der Waals surface area contributed by atoms with Crippen LogP contribution in [0.5, 0.6) is 0 Å². The number of aromatic carboxylic acids is 1. The molecule has 7 heteroatoms. The van der Waals surface area contributed by atoms with E-state index in [0.717, 1.165) is 0 Å². The van der Waals surface area contributed by atoms with Gasteiger partial charge in [-0.25, -0.2) is 4.79 Å². The van der Waals surface area contributed by atoms with Gasteiger partial charge in [-0.3, -0.25) is 9.78 Å². The molecule has 0 atom stereocenters. The van der Waals surface area contributed by atoms with Gasteiger partial charge in [-0.05, 0) is 31.2 Å². The first-order valence-corrected chi connectivity index (χ1v) is 6.60. The third-order valence-electron chi connectivity index (χ3n) is 2.68. The highest BCUT2D eigenvalue weighted by atomic mass is 35.5. The van der Waals surface area contributed by atoms with Gasteiger partial charge in [-0.15, -0.1) is 0 Å². The van der Waals surface area contributed by atoms with Gasteiger partial charge in [0.15, 0.2) is 0 Å². The van der Waals surface area contributed by atoms with E-state index in [2.05, 4.69) is 10.3 Å². The van der Waals surface area contributed by atoms with E-state index < -0.39 is 11.9 Å². The number of carboxylic acids is 1. The van der Waals surface area contributed by atoms with Crippen LogP contribution in [0.4, 0.5) is 5.69 Å². The van der Waals surface area contributed by atoms with Crippen molar-refractivity contribution in [3.05, 3.63) is 57.3 Å². The molecule has 0 aliphatic rings. The number of aryl methyl sites for hydroxylation is 1. The summed E-state index contributed by atoms with van der Waals surface area (Å²) in [4.78, 5) is 27.4. The Morgan fingerprint density at radius 3 is 2.57 bits per heavy atom. The van der Waals surface area contributed by atoms with E-state index >= 15 is 0 Å². The number of nitrogens with one attached hydrogen (secondary N) is 1. The van der Waals surface area contributed by atoms with Crippen molar-refractivity contribution in [2.24, 2.45) is 0 Å². The number of halogens is 2. The molecule has 0 fully saturated rings. The lowest BCUT2D eigenvalue weighted by Gasteiger charge is -2.11. The fourth-order valence-electron chi connectivity index (χ4n) is 1.74. The highest BCUT2D eigenvalue weighted by molar-refractivity contribution is 6.38. The Hall–Kier alpha value is -2.11. The first-order valence-electron chi connectivity index (χ1n) is 5.85. The molecule has 2 rings (SSSR count). The second kappa shape index (κ2) is 6.11. The zero-order chi connectivity index (χ0) is 15.6. The molecule has 0 aliphatic heterocycles. The number of aromatic nitrogens is 1. The van der Waals surface area contributed by atoms with Crippen molar-refractivity contribution in [2.75, 3.05) is 5.32 Å². The van der Waals surface area contributed by atoms with E-state index in [1.165, 1.54) is 24.4 Å². The largest absolute Gasteiger partial charge is 0.478 e. The van der Waals surface area contributed by atoms with Gasteiger partial charge < -0.3 is 10.4 Å². The van der Waals surface area contributed by atoms with E-state index in [9.17, 15) is 9.59 Å². The van der Waals surface area contributed by atoms with E-state index in [-0.39, 0.29) is 21.3 Å². The second-order valence-electron chi connectivity index (χ2n) is 4.26. The molecular formula is C14H10Cl2N2O3. The number of anilines is 1. The summed E-state index contributed by atoms with van der Waals surface area (Å²) in [6.45, 7) is 1.74. The van der Waals surface area contributed by atoms with Crippen LogP contribution in [0.15, 0.2) is 30.5 Å². The molecule has 1 amide bonds. The molecule has 5 nitrogen and oxygen atoms in total. The summed E-state index contributed by atoms with van der Waals surface area (Å²) in [5, 5.41) is 11.9. The van der Waals surface area contributed by atoms with Gasteiger partial charge in [0.2, 0.25) is 0 Å². The number of hydrogen-bond acceptors (Lipinski definition) is 3. The predicted octanol–water partition coefficient (Wildman–Crippen LogP) is 3.65. The first-order chi connectivity index (χ1) is 9.88. The summed E-state index contributed by atoms with van der Waals surface area (Å²) in [7, 11) is 0. The Morgan fingerprint density at radius 1 is 1.24 bits per heavy atom. The minimum absolute atomic E-state index is 0.00744. The van der Waals surface area contributed by atoms with Crippen LogP contribution in [-0.2, 0) is 0 Å². The lowest BCUT2D eigenvalue weighted by molar-refractivity contribution is 0.0698. The summed E-state index contributed by atoms with van der Waals surface area (Å²) in [6.07, 6.45) is 1.49. The van der Waals surface area contributed by atoms with Gasteiger partial charge in [0.1, 0.15) is 0 Å². The average molecular weight is 325 g/mol. The first kappa shape index (κ1) is 15.3. The lowest BCUT2D eigenvalue weighted by atomic mass is 10.1. The zero-order valence-electron chi connectivity index (χ0n) is 10.9. The van der Waals surface area contributed by atoms with Crippen LogP contribution in [-0.4, -0.2) is 22.0 Å². The fraction of sp³-hybridized carbons (Fsp3) is 0.0714. The zero-order valence-corrected chi connectivity index (χ0v) is 12.4. The van der Waals surface area contributed by atoms with Gasteiger partial charge >= 0.3 is 5.97 Å². The predicted molar refractivity (Wildman–Crippen MR) is 80.3 cm³/mol. The minimum Gasteiger partial charge on any atom is -0.478 e. The normalized spacial score (nSPS) is 10.2. The fourth-order valence-corrected chi connectivity index (χ4v) is 2.28.